The molecule has 0 radical (unpaired) electrons. The Morgan fingerprint density at radius 3 is 2.36 bits per heavy atom. The van der Waals surface area contributed by atoms with Gasteiger partial charge in [0.1, 0.15) is 34.8 Å². The minimum atomic E-state index is -0.908. The predicted octanol–water partition coefficient (Wildman–Crippen LogP) is 7.92. The van der Waals surface area contributed by atoms with E-state index in [4.69, 9.17) is 26.1 Å². The number of nitrogens with zero attached hydrogens (tertiary/aromatic N) is 7. The van der Waals surface area contributed by atoms with Gasteiger partial charge in [0.15, 0.2) is 12.4 Å². The third kappa shape index (κ3) is 11.0. The number of aliphatic hydroxyl groups excluding tert-OH is 1. The van der Waals surface area contributed by atoms with Crippen LogP contribution in [0.3, 0.4) is 0 Å². The summed E-state index contributed by atoms with van der Waals surface area (Å²) in [7, 11) is 0. The molecule has 9 rings (SSSR count). The Labute approximate surface area is 432 Å². The van der Waals surface area contributed by atoms with Crippen LogP contribution in [0.1, 0.15) is 97.0 Å². The fraction of sp³-hybridized carbons (Fsp3) is 0.396. The third-order valence-corrected chi connectivity index (χ3v) is 15.8. The highest BCUT2D eigenvalue weighted by molar-refractivity contribution is 7.15. The molecule has 3 amide bonds. The first-order chi connectivity index (χ1) is 34.4. The second-order valence-electron chi connectivity index (χ2n) is 19.8. The van der Waals surface area contributed by atoms with Crippen LogP contribution in [0.5, 0.6) is 11.6 Å². The monoisotopic (exact) mass is 1030 g/mol. The second-order valence-corrected chi connectivity index (χ2v) is 22.3. The molecule has 4 aromatic heterocycles. The maximum absolute atomic E-state index is 14.2. The Hall–Kier alpha value is -6.47. The number of benzene rings is 2. The van der Waals surface area contributed by atoms with Crippen molar-refractivity contribution < 1.29 is 29.0 Å². The highest BCUT2D eigenvalue weighted by atomic mass is 35.5. The van der Waals surface area contributed by atoms with Gasteiger partial charge in [-0.3, -0.25) is 23.9 Å². The number of amides is 3. The van der Waals surface area contributed by atoms with Crippen molar-refractivity contribution in [2.45, 2.75) is 117 Å². The van der Waals surface area contributed by atoms with Gasteiger partial charge in [-0.2, -0.15) is 0 Å². The van der Waals surface area contributed by atoms with E-state index in [1.807, 2.05) is 81.1 Å². The van der Waals surface area contributed by atoms with Crippen molar-refractivity contribution in [2.75, 3.05) is 13.2 Å². The molecule has 2 aromatic carbocycles. The van der Waals surface area contributed by atoms with E-state index in [9.17, 15) is 19.5 Å². The number of halogens is 1. The molecule has 6 heterocycles. The van der Waals surface area contributed by atoms with Crippen LogP contribution < -0.4 is 25.4 Å². The van der Waals surface area contributed by atoms with E-state index in [1.165, 1.54) is 11.1 Å². The zero-order chi connectivity index (χ0) is 51.0. The number of aliphatic imine (C=N–C) groups is 1. The number of rotatable bonds is 16. The van der Waals surface area contributed by atoms with Gasteiger partial charge in [-0.05, 0) is 68.0 Å². The average molecular weight is 1030 g/mol. The predicted molar refractivity (Wildman–Crippen MR) is 279 cm³/mol. The van der Waals surface area contributed by atoms with Crippen LogP contribution in [-0.2, 0) is 20.9 Å². The number of aliphatic hydroxyl groups is 1. The van der Waals surface area contributed by atoms with E-state index in [0.717, 1.165) is 54.9 Å². The normalized spacial score (nSPS) is 19.8. The summed E-state index contributed by atoms with van der Waals surface area (Å²) in [6.45, 7) is 18.2. The standard InChI is InChI=1S/C53H59ClN10O6S2/c1-28-31(4)72-52-46(28)47(34-13-15-36(54)16-14-34)59-41(50-62-61-32(5)64(50)52)22-43(66)58-37-19-40(20-37)70-45-18-17-39(24-56-45)69-26-44(67)60-49(53(6,7)8)51(68)63-25-38(65)21-42(63)29(2)55-23-33-9-11-35(12-10-33)48-30(3)57-27-71-48/h9-18,24,27,37-38,40-42,49,55,65H,2,19-23,25-26H2,1,3-8H3,(H,58,66)(H,60,67)/t37-,38-,40+,41+,42+,49-/m1/s1. The molecule has 1 saturated carbocycles. The molecule has 376 valence electrons. The Morgan fingerprint density at radius 2 is 1.68 bits per heavy atom. The van der Waals surface area contributed by atoms with Crippen molar-refractivity contribution in [1.29, 1.82) is 0 Å². The highest BCUT2D eigenvalue weighted by Crippen LogP contribution is 2.40. The minimum Gasteiger partial charge on any atom is -0.482 e. The molecule has 3 aliphatic rings. The number of ether oxygens (including phenoxy) is 2. The van der Waals surface area contributed by atoms with Gasteiger partial charge < -0.3 is 35.4 Å². The SMILES string of the molecule is C=C(NCc1ccc(-c2scnc2C)cc1)[C@@H]1C[C@@H](O)CN1C(=O)[C@@H](NC(=O)COc1ccc(O[C@H]2C[C@@H](NC(=O)C[C@@H]3N=C(c4ccc(Cl)cc4)c4c(sc(C)c4C)-n4c(C)nnc43)C2)nc1)C(C)(C)C. The van der Waals surface area contributed by atoms with Gasteiger partial charge in [-0.25, -0.2) is 9.97 Å². The lowest BCUT2D eigenvalue weighted by molar-refractivity contribution is -0.140. The van der Waals surface area contributed by atoms with Crippen molar-refractivity contribution in [1.82, 2.24) is 45.6 Å². The summed E-state index contributed by atoms with van der Waals surface area (Å²) in [6, 6.07) is 17.1. The largest absolute Gasteiger partial charge is 0.482 e. The summed E-state index contributed by atoms with van der Waals surface area (Å²) in [5, 5.41) is 30.7. The zero-order valence-electron chi connectivity index (χ0n) is 41.4. The molecule has 19 heteroatoms. The van der Waals surface area contributed by atoms with Gasteiger partial charge in [0, 0.05) is 71.2 Å². The fourth-order valence-electron chi connectivity index (χ4n) is 9.31. The van der Waals surface area contributed by atoms with Crippen LogP contribution in [-0.4, -0.2) is 102 Å². The number of fused-ring (bicyclic) bond motifs is 3. The van der Waals surface area contributed by atoms with Crippen molar-refractivity contribution >= 4 is 57.7 Å². The Morgan fingerprint density at radius 1 is 0.944 bits per heavy atom. The molecule has 4 atom stereocenters. The van der Waals surface area contributed by atoms with Crippen molar-refractivity contribution in [2.24, 2.45) is 10.4 Å². The molecule has 1 aliphatic carbocycles. The first kappa shape index (κ1) is 50.5. The van der Waals surface area contributed by atoms with E-state index < -0.39 is 35.6 Å². The number of β-amino-alcohol motifs (C(OH)–C–C–N with tert-alkyl or cyclic N) is 1. The molecular formula is C53H59ClN10O6S2. The number of thiazole rings is 1. The number of likely N-dealkylation sites (tertiary alicyclic amines) is 1. The average Bonchev–Trinajstić information content (AvgIpc) is 4.11. The lowest BCUT2D eigenvalue weighted by Gasteiger charge is -2.36. The van der Waals surface area contributed by atoms with E-state index >= 15 is 0 Å². The van der Waals surface area contributed by atoms with E-state index in [2.05, 4.69) is 68.7 Å². The van der Waals surface area contributed by atoms with Crippen LogP contribution in [0.2, 0.25) is 5.02 Å². The van der Waals surface area contributed by atoms with Gasteiger partial charge in [-0.1, -0.05) is 75.3 Å². The molecule has 0 bridgehead atoms. The molecule has 6 aromatic rings. The molecule has 1 saturated heterocycles. The summed E-state index contributed by atoms with van der Waals surface area (Å²) in [4.78, 5) is 59.1. The van der Waals surface area contributed by atoms with Gasteiger partial charge in [0.05, 0.1) is 46.6 Å². The first-order valence-electron chi connectivity index (χ1n) is 24.0. The van der Waals surface area contributed by atoms with Crippen LogP contribution in [0, 0.1) is 33.1 Å². The van der Waals surface area contributed by atoms with E-state index in [1.54, 1.807) is 39.7 Å². The number of thiophene rings is 1. The molecular weight excluding hydrogens is 972 g/mol. The lowest BCUT2D eigenvalue weighted by Crippen LogP contribution is -2.57. The highest BCUT2D eigenvalue weighted by Gasteiger charge is 2.43. The number of aromatic nitrogens is 5. The Balaban J connectivity index is 0.744. The van der Waals surface area contributed by atoms with Gasteiger partial charge in [0.2, 0.25) is 17.7 Å². The fourth-order valence-corrected chi connectivity index (χ4v) is 11.5. The summed E-state index contributed by atoms with van der Waals surface area (Å²) in [5.41, 5.74) is 8.75. The van der Waals surface area contributed by atoms with Crippen molar-refractivity contribution in [3.63, 3.8) is 0 Å². The lowest BCUT2D eigenvalue weighted by atomic mass is 9.85. The maximum atomic E-state index is 14.2. The Kier molecular flexibility index (Phi) is 14.7. The van der Waals surface area contributed by atoms with Crippen LogP contribution in [0.25, 0.3) is 15.4 Å². The Bertz CT molecular complexity index is 3010. The van der Waals surface area contributed by atoms with Crippen LogP contribution in [0.15, 0.2) is 89.6 Å². The van der Waals surface area contributed by atoms with Crippen LogP contribution in [0.4, 0.5) is 0 Å². The number of carbonyl (C=O) groups is 3. The summed E-state index contributed by atoms with van der Waals surface area (Å²) in [6.07, 6.45) is 2.19. The number of nitrogens with one attached hydrogen (secondary N) is 3. The third-order valence-electron chi connectivity index (χ3n) is 13.4. The van der Waals surface area contributed by atoms with Crippen molar-refractivity contribution in [3.8, 4) is 27.1 Å². The summed E-state index contributed by atoms with van der Waals surface area (Å²) >= 11 is 9.53. The van der Waals surface area contributed by atoms with Gasteiger partial charge >= 0.3 is 0 Å². The zero-order valence-corrected chi connectivity index (χ0v) is 43.8. The molecule has 2 aliphatic heterocycles. The smallest absolute Gasteiger partial charge is 0.258 e. The van der Waals surface area contributed by atoms with Gasteiger partial charge in [0.25, 0.3) is 5.91 Å². The molecule has 4 N–H and O–H groups in total. The summed E-state index contributed by atoms with van der Waals surface area (Å²) < 4.78 is 13.9. The molecule has 72 heavy (non-hydrogen) atoms. The van der Waals surface area contributed by atoms with E-state index in [-0.39, 0.29) is 43.5 Å². The minimum absolute atomic E-state index is 0.0849. The first-order valence-corrected chi connectivity index (χ1v) is 26.1. The van der Waals surface area contributed by atoms with Crippen LogP contribution >= 0.6 is 34.3 Å². The van der Waals surface area contributed by atoms with E-state index in [0.29, 0.717) is 54.0 Å². The second kappa shape index (κ2) is 20.9. The van der Waals surface area contributed by atoms with Gasteiger partial charge in [-0.15, -0.1) is 32.9 Å². The molecule has 0 spiro atoms. The molecule has 16 nitrogen and oxygen atoms in total. The maximum Gasteiger partial charge on any atom is 0.258 e. The molecule has 2 fully saturated rings. The molecule has 0 unspecified atom stereocenters. The topological polar surface area (TPSA) is 198 Å². The number of carbonyl (C=O) groups excluding carboxylic acids is 3. The number of aryl methyl sites for hydroxylation is 3. The summed E-state index contributed by atoms with van der Waals surface area (Å²) in [5.74, 6) is 1.13. The number of pyridine rings is 1. The van der Waals surface area contributed by atoms with Crippen molar-refractivity contribution in [3.05, 3.63) is 134 Å². The number of hydrogen-bond donors (Lipinski definition) is 4. The quantitative estimate of drug-likeness (QED) is 0.0735. The number of hydrogen-bond acceptors (Lipinski definition) is 14.